The molecule has 0 aliphatic heterocycles. The maximum Gasteiger partial charge on any atom is 0.0596 e. The van der Waals surface area contributed by atoms with Crippen LogP contribution in [0.3, 0.4) is 0 Å². The van der Waals surface area contributed by atoms with Gasteiger partial charge in [0.2, 0.25) is 0 Å². The average Bonchev–Trinajstić information content (AvgIpc) is 1.61. The summed E-state index contributed by atoms with van der Waals surface area (Å²) in [6.07, 6.45) is 0. The molecule has 0 saturated carbocycles. The first-order valence-electron chi connectivity index (χ1n) is 2.17. The Morgan fingerprint density at radius 1 is 1.57 bits per heavy atom. The van der Waals surface area contributed by atoms with Crippen molar-refractivity contribution < 1.29 is 0 Å². The summed E-state index contributed by atoms with van der Waals surface area (Å²) in [5.74, 6) is 5.37. The highest BCUT2D eigenvalue weighted by Crippen LogP contribution is 1.66. The van der Waals surface area contributed by atoms with E-state index in [0.29, 0.717) is 0 Å². The molecular formula is C6H10N. The average molecular weight is 96.2 g/mol. The Morgan fingerprint density at radius 2 is 2.14 bits per heavy atom. The largest absolute Gasteiger partial charge is 0.299 e. The van der Waals surface area contributed by atoms with Crippen LogP contribution < -0.4 is 0 Å². The van der Waals surface area contributed by atoms with Gasteiger partial charge < -0.3 is 0 Å². The quantitative estimate of drug-likeness (QED) is 0.427. The summed E-state index contributed by atoms with van der Waals surface area (Å²) in [5, 5.41) is 0. The first-order chi connectivity index (χ1) is 3.27. The summed E-state index contributed by atoms with van der Waals surface area (Å²) < 4.78 is 0. The van der Waals surface area contributed by atoms with Crippen molar-refractivity contribution in [2.75, 3.05) is 20.6 Å². The van der Waals surface area contributed by atoms with Gasteiger partial charge in [0.25, 0.3) is 0 Å². The van der Waals surface area contributed by atoms with Gasteiger partial charge in [-0.3, -0.25) is 4.90 Å². The minimum Gasteiger partial charge on any atom is -0.299 e. The van der Waals surface area contributed by atoms with Gasteiger partial charge >= 0.3 is 0 Å². The van der Waals surface area contributed by atoms with Crippen LogP contribution in [-0.2, 0) is 0 Å². The molecule has 7 heavy (non-hydrogen) atoms. The molecule has 1 nitrogen and oxygen atoms in total. The molecule has 0 saturated heterocycles. The Balaban J connectivity index is 3.08. The highest BCUT2D eigenvalue weighted by molar-refractivity contribution is 5.02. The van der Waals surface area contributed by atoms with Crippen LogP contribution in [0.1, 0.15) is 0 Å². The second-order valence-electron chi connectivity index (χ2n) is 1.59. The van der Waals surface area contributed by atoms with Crippen LogP contribution >= 0.6 is 0 Å². The van der Waals surface area contributed by atoms with E-state index in [1.807, 2.05) is 19.0 Å². The van der Waals surface area contributed by atoms with E-state index in [-0.39, 0.29) is 0 Å². The highest BCUT2D eigenvalue weighted by Gasteiger charge is 1.76. The number of rotatable bonds is 1. The summed E-state index contributed by atoms with van der Waals surface area (Å²) in [6.45, 7) is 4.18. The van der Waals surface area contributed by atoms with Gasteiger partial charge in [0.05, 0.1) is 6.54 Å². The van der Waals surface area contributed by atoms with Crippen molar-refractivity contribution in [2.45, 2.75) is 0 Å². The molecule has 0 N–H and O–H groups in total. The van der Waals surface area contributed by atoms with Crippen LogP contribution in [0.2, 0.25) is 0 Å². The standard InChI is InChI=1S/C6H10N/c1-4-5-6-7(2)3/h1,6H2,2-3H3. The maximum absolute atomic E-state index is 3.37. The summed E-state index contributed by atoms with van der Waals surface area (Å²) in [6, 6.07) is 0. The van der Waals surface area contributed by atoms with Crippen molar-refractivity contribution in [1.29, 1.82) is 0 Å². The molecule has 1 heteroatoms. The zero-order valence-electron chi connectivity index (χ0n) is 4.86. The third-order valence-electron chi connectivity index (χ3n) is 0.520. The van der Waals surface area contributed by atoms with Gasteiger partial charge in [-0.2, -0.15) is 0 Å². The first-order valence-corrected chi connectivity index (χ1v) is 2.17. The van der Waals surface area contributed by atoms with Crippen molar-refractivity contribution in [3.05, 3.63) is 6.92 Å². The Hall–Kier alpha value is -0.480. The molecule has 0 aromatic rings. The molecule has 0 aromatic carbocycles. The van der Waals surface area contributed by atoms with Gasteiger partial charge in [0.1, 0.15) is 0 Å². The summed E-state index contributed by atoms with van der Waals surface area (Å²) >= 11 is 0. The van der Waals surface area contributed by atoms with E-state index >= 15 is 0 Å². The van der Waals surface area contributed by atoms with Crippen molar-refractivity contribution >= 4 is 0 Å². The monoisotopic (exact) mass is 96.1 g/mol. The van der Waals surface area contributed by atoms with Crippen LogP contribution in [0.4, 0.5) is 0 Å². The Bertz CT molecular complexity index is 84.1. The second kappa shape index (κ2) is 3.70. The van der Waals surface area contributed by atoms with E-state index in [1.165, 1.54) is 0 Å². The number of hydrogen-bond acceptors (Lipinski definition) is 1. The van der Waals surface area contributed by atoms with Crippen molar-refractivity contribution in [2.24, 2.45) is 0 Å². The van der Waals surface area contributed by atoms with E-state index in [0.717, 1.165) is 6.54 Å². The van der Waals surface area contributed by atoms with E-state index in [4.69, 9.17) is 0 Å². The lowest BCUT2D eigenvalue weighted by Crippen LogP contribution is -2.10. The van der Waals surface area contributed by atoms with E-state index in [9.17, 15) is 0 Å². The van der Waals surface area contributed by atoms with Gasteiger partial charge in [-0.25, -0.2) is 0 Å². The Kier molecular flexibility index (Phi) is 3.45. The van der Waals surface area contributed by atoms with Crippen molar-refractivity contribution in [3.63, 3.8) is 0 Å². The molecular weight excluding hydrogens is 86.1 g/mol. The summed E-state index contributed by atoms with van der Waals surface area (Å²) in [5.41, 5.74) is 0. The molecule has 0 unspecified atom stereocenters. The molecule has 0 rings (SSSR count). The smallest absolute Gasteiger partial charge is 0.0596 e. The molecule has 39 valence electrons. The fourth-order valence-corrected chi connectivity index (χ4v) is 0.214. The molecule has 0 aliphatic carbocycles. The van der Waals surface area contributed by atoms with Crippen LogP contribution in [0.25, 0.3) is 0 Å². The molecule has 0 aromatic heterocycles. The van der Waals surface area contributed by atoms with Crippen molar-refractivity contribution in [3.8, 4) is 11.8 Å². The van der Waals surface area contributed by atoms with E-state index in [2.05, 4.69) is 18.8 Å². The number of nitrogens with zero attached hydrogens (tertiary/aromatic N) is 1. The second-order valence-corrected chi connectivity index (χ2v) is 1.59. The van der Waals surface area contributed by atoms with Crippen LogP contribution in [0.15, 0.2) is 0 Å². The first kappa shape index (κ1) is 6.52. The zero-order chi connectivity index (χ0) is 5.70. The molecule has 0 atom stereocenters. The molecule has 0 spiro atoms. The fourth-order valence-electron chi connectivity index (χ4n) is 0.214. The van der Waals surface area contributed by atoms with E-state index in [1.54, 1.807) is 0 Å². The topological polar surface area (TPSA) is 3.24 Å². The molecule has 0 aliphatic rings. The predicted molar refractivity (Wildman–Crippen MR) is 31.7 cm³/mol. The molecule has 0 fully saturated rings. The maximum atomic E-state index is 3.37. The minimum atomic E-state index is 0.809. The van der Waals surface area contributed by atoms with E-state index < -0.39 is 0 Å². The molecule has 0 heterocycles. The van der Waals surface area contributed by atoms with Crippen LogP contribution in [-0.4, -0.2) is 25.5 Å². The van der Waals surface area contributed by atoms with Crippen LogP contribution in [0, 0.1) is 18.8 Å². The lowest BCUT2D eigenvalue weighted by Gasteiger charge is -1.99. The predicted octanol–water partition coefficient (Wildman–Crippen LogP) is 0.385. The Labute approximate surface area is 45.3 Å². The minimum absolute atomic E-state index is 0.809. The van der Waals surface area contributed by atoms with Gasteiger partial charge in [-0.05, 0) is 14.1 Å². The van der Waals surface area contributed by atoms with Crippen LogP contribution in [0.5, 0.6) is 0 Å². The summed E-state index contributed by atoms with van der Waals surface area (Å²) in [4.78, 5) is 2.00. The highest BCUT2D eigenvalue weighted by atomic mass is 15.0. The van der Waals surface area contributed by atoms with Gasteiger partial charge in [0.15, 0.2) is 0 Å². The molecule has 1 radical (unpaired) electrons. The summed E-state index contributed by atoms with van der Waals surface area (Å²) in [7, 11) is 3.95. The lowest BCUT2D eigenvalue weighted by molar-refractivity contribution is 0.464. The lowest BCUT2D eigenvalue weighted by atomic mass is 10.6. The molecule has 0 bridgehead atoms. The van der Waals surface area contributed by atoms with Gasteiger partial charge in [-0.1, -0.05) is 5.92 Å². The van der Waals surface area contributed by atoms with Gasteiger partial charge in [-0.15, -0.1) is 5.92 Å². The molecule has 0 amide bonds. The van der Waals surface area contributed by atoms with Crippen molar-refractivity contribution in [1.82, 2.24) is 4.90 Å². The van der Waals surface area contributed by atoms with Gasteiger partial charge in [0, 0.05) is 6.92 Å². The SMILES string of the molecule is [CH2]C#CCN(C)C. The fraction of sp³-hybridized carbons (Fsp3) is 0.500. The normalized spacial score (nSPS) is 8.00. The number of hydrogen-bond donors (Lipinski definition) is 0. The Morgan fingerprint density at radius 3 is 2.29 bits per heavy atom. The zero-order valence-corrected chi connectivity index (χ0v) is 4.86. The third kappa shape index (κ3) is 5.52. The third-order valence-corrected chi connectivity index (χ3v) is 0.520.